The first-order valence-electron chi connectivity index (χ1n) is 4.44. The van der Waals surface area contributed by atoms with Gasteiger partial charge in [0.15, 0.2) is 0 Å². The normalized spacial score (nSPS) is 12.5. The quantitative estimate of drug-likeness (QED) is 0.747. The predicted octanol–water partition coefficient (Wildman–Crippen LogP) is 1.97. The Morgan fingerprint density at radius 1 is 1.38 bits per heavy atom. The van der Waals surface area contributed by atoms with Crippen LogP contribution in [0, 0.1) is 5.82 Å². The van der Waals surface area contributed by atoms with Gasteiger partial charge in [-0.1, -0.05) is 0 Å². The molecule has 0 aliphatic carbocycles. The fourth-order valence-electron chi connectivity index (χ4n) is 1.15. The molecule has 0 saturated carbocycles. The van der Waals surface area contributed by atoms with Gasteiger partial charge in [0.05, 0.1) is 0 Å². The Bertz CT molecular complexity index is 246. The van der Waals surface area contributed by atoms with Gasteiger partial charge in [-0.2, -0.15) is 0 Å². The van der Waals surface area contributed by atoms with E-state index in [-0.39, 0.29) is 5.82 Å². The lowest BCUT2D eigenvalue weighted by atomic mass is 10.2. The average Bonchev–Trinajstić information content (AvgIpc) is 2.09. The van der Waals surface area contributed by atoms with Crippen LogP contribution in [0.5, 0.6) is 0 Å². The number of rotatable bonds is 4. The maximum absolute atomic E-state index is 12.5. The van der Waals surface area contributed by atoms with Gasteiger partial charge in [-0.05, 0) is 44.2 Å². The van der Waals surface area contributed by atoms with Gasteiger partial charge in [-0.3, -0.25) is 0 Å². The second-order valence-electron chi connectivity index (χ2n) is 3.13. The van der Waals surface area contributed by atoms with E-state index in [1.807, 2.05) is 0 Å². The second-order valence-corrected chi connectivity index (χ2v) is 3.13. The van der Waals surface area contributed by atoms with E-state index in [9.17, 15) is 4.39 Å². The van der Waals surface area contributed by atoms with Crippen LogP contribution in [0.15, 0.2) is 24.3 Å². The standard InChI is InChI=1S/C10H15FN2/c1-8(6-7-12)13-10-4-2-9(11)3-5-10/h2-5,8,13H,6-7,12H2,1H3. The maximum atomic E-state index is 12.5. The van der Waals surface area contributed by atoms with Crippen LogP contribution in [0.4, 0.5) is 10.1 Å². The van der Waals surface area contributed by atoms with Crippen LogP contribution < -0.4 is 11.1 Å². The van der Waals surface area contributed by atoms with Crippen molar-refractivity contribution < 1.29 is 4.39 Å². The molecule has 3 N–H and O–H groups in total. The van der Waals surface area contributed by atoms with Gasteiger partial charge in [0.25, 0.3) is 0 Å². The first-order valence-corrected chi connectivity index (χ1v) is 4.44. The largest absolute Gasteiger partial charge is 0.383 e. The van der Waals surface area contributed by atoms with Crippen LogP contribution in [-0.4, -0.2) is 12.6 Å². The topological polar surface area (TPSA) is 38.0 Å². The van der Waals surface area contributed by atoms with Crippen molar-refractivity contribution in [2.75, 3.05) is 11.9 Å². The van der Waals surface area contributed by atoms with Gasteiger partial charge >= 0.3 is 0 Å². The minimum absolute atomic E-state index is 0.211. The van der Waals surface area contributed by atoms with E-state index >= 15 is 0 Å². The highest BCUT2D eigenvalue weighted by Gasteiger charge is 1.99. The van der Waals surface area contributed by atoms with Crippen molar-refractivity contribution in [3.05, 3.63) is 30.1 Å². The minimum atomic E-state index is -0.211. The van der Waals surface area contributed by atoms with E-state index < -0.39 is 0 Å². The number of benzene rings is 1. The van der Waals surface area contributed by atoms with Crippen LogP contribution >= 0.6 is 0 Å². The zero-order valence-corrected chi connectivity index (χ0v) is 7.76. The summed E-state index contributed by atoms with van der Waals surface area (Å²) in [6.07, 6.45) is 0.914. The Hall–Kier alpha value is -1.09. The molecule has 1 aromatic carbocycles. The van der Waals surface area contributed by atoms with E-state index in [0.717, 1.165) is 12.1 Å². The van der Waals surface area contributed by atoms with Gasteiger partial charge in [0.1, 0.15) is 5.82 Å². The Morgan fingerprint density at radius 2 is 2.00 bits per heavy atom. The van der Waals surface area contributed by atoms with E-state index in [1.54, 1.807) is 12.1 Å². The molecule has 0 aromatic heterocycles. The van der Waals surface area contributed by atoms with Crippen molar-refractivity contribution in [1.29, 1.82) is 0 Å². The van der Waals surface area contributed by atoms with Gasteiger partial charge < -0.3 is 11.1 Å². The molecule has 0 fully saturated rings. The molecule has 0 aliphatic heterocycles. The highest BCUT2D eigenvalue weighted by molar-refractivity contribution is 5.43. The summed E-state index contributed by atoms with van der Waals surface area (Å²) in [4.78, 5) is 0. The van der Waals surface area contributed by atoms with Crippen molar-refractivity contribution in [2.24, 2.45) is 5.73 Å². The fourth-order valence-corrected chi connectivity index (χ4v) is 1.15. The Labute approximate surface area is 77.9 Å². The number of hydrogen-bond acceptors (Lipinski definition) is 2. The lowest BCUT2D eigenvalue weighted by Gasteiger charge is -2.13. The van der Waals surface area contributed by atoms with E-state index in [0.29, 0.717) is 12.6 Å². The molecular weight excluding hydrogens is 167 g/mol. The van der Waals surface area contributed by atoms with Crippen LogP contribution in [-0.2, 0) is 0 Å². The number of halogens is 1. The summed E-state index contributed by atoms with van der Waals surface area (Å²) in [5, 5.41) is 3.22. The van der Waals surface area contributed by atoms with Crippen LogP contribution in [0.3, 0.4) is 0 Å². The summed E-state index contributed by atoms with van der Waals surface area (Å²) in [7, 11) is 0. The Kier molecular flexibility index (Phi) is 3.71. The third-order valence-electron chi connectivity index (χ3n) is 1.86. The predicted molar refractivity (Wildman–Crippen MR) is 53.2 cm³/mol. The molecular formula is C10H15FN2. The van der Waals surface area contributed by atoms with Crippen LogP contribution in [0.1, 0.15) is 13.3 Å². The molecule has 0 spiro atoms. The first-order chi connectivity index (χ1) is 6.22. The summed E-state index contributed by atoms with van der Waals surface area (Å²) in [6.45, 7) is 2.71. The summed E-state index contributed by atoms with van der Waals surface area (Å²) in [5.41, 5.74) is 6.34. The number of nitrogens with two attached hydrogens (primary N) is 1. The molecule has 0 bridgehead atoms. The highest BCUT2D eigenvalue weighted by Crippen LogP contribution is 2.10. The molecule has 2 nitrogen and oxygen atoms in total. The van der Waals surface area contributed by atoms with Crippen LogP contribution in [0.2, 0.25) is 0 Å². The van der Waals surface area contributed by atoms with E-state index in [2.05, 4.69) is 12.2 Å². The molecule has 0 heterocycles. The molecule has 0 amide bonds. The monoisotopic (exact) mass is 182 g/mol. The van der Waals surface area contributed by atoms with Crippen LogP contribution in [0.25, 0.3) is 0 Å². The molecule has 3 heteroatoms. The molecule has 0 radical (unpaired) electrons. The summed E-state index contributed by atoms with van der Waals surface area (Å²) >= 11 is 0. The lowest BCUT2D eigenvalue weighted by molar-refractivity contribution is 0.627. The highest BCUT2D eigenvalue weighted by atomic mass is 19.1. The van der Waals surface area contributed by atoms with Crippen molar-refractivity contribution in [3.8, 4) is 0 Å². The zero-order valence-electron chi connectivity index (χ0n) is 7.76. The van der Waals surface area contributed by atoms with Gasteiger partial charge in [0, 0.05) is 11.7 Å². The summed E-state index contributed by atoms with van der Waals surface area (Å²) < 4.78 is 12.5. The summed E-state index contributed by atoms with van der Waals surface area (Å²) in [6, 6.07) is 6.66. The third-order valence-corrected chi connectivity index (χ3v) is 1.86. The van der Waals surface area contributed by atoms with Gasteiger partial charge in [-0.15, -0.1) is 0 Å². The van der Waals surface area contributed by atoms with Crippen molar-refractivity contribution in [2.45, 2.75) is 19.4 Å². The molecule has 1 unspecified atom stereocenters. The molecule has 0 saturated heterocycles. The molecule has 0 aliphatic rings. The lowest BCUT2D eigenvalue weighted by Crippen LogP contribution is -2.19. The zero-order chi connectivity index (χ0) is 9.68. The van der Waals surface area contributed by atoms with E-state index in [4.69, 9.17) is 5.73 Å². The number of nitrogens with one attached hydrogen (secondary N) is 1. The average molecular weight is 182 g/mol. The fraction of sp³-hybridized carbons (Fsp3) is 0.400. The van der Waals surface area contributed by atoms with Crippen molar-refractivity contribution in [3.63, 3.8) is 0 Å². The third kappa shape index (κ3) is 3.42. The van der Waals surface area contributed by atoms with E-state index in [1.165, 1.54) is 12.1 Å². The van der Waals surface area contributed by atoms with Crippen molar-refractivity contribution >= 4 is 5.69 Å². The first kappa shape index (κ1) is 9.99. The maximum Gasteiger partial charge on any atom is 0.123 e. The second kappa shape index (κ2) is 4.82. The minimum Gasteiger partial charge on any atom is -0.383 e. The smallest absolute Gasteiger partial charge is 0.123 e. The molecule has 13 heavy (non-hydrogen) atoms. The number of hydrogen-bond donors (Lipinski definition) is 2. The van der Waals surface area contributed by atoms with Gasteiger partial charge in [-0.25, -0.2) is 4.39 Å². The SMILES string of the molecule is CC(CCN)Nc1ccc(F)cc1. The van der Waals surface area contributed by atoms with Gasteiger partial charge in [0.2, 0.25) is 0 Å². The Morgan fingerprint density at radius 3 is 2.54 bits per heavy atom. The van der Waals surface area contributed by atoms with Crippen molar-refractivity contribution in [1.82, 2.24) is 0 Å². The molecule has 1 rings (SSSR count). The molecule has 1 aromatic rings. The Balaban J connectivity index is 2.49. The molecule has 72 valence electrons. The molecule has 1 atom stereocenters. The summed E-state index contributed by atoms with van der Waals surface area (Å²) in [5.74, 6) is -0.211. The number of anilines is 1.